The van der Waals surface area contributed by atoms with Crippen molar-refractivity contribution in [3.63, 3.8) is 0 Å². The van der Waals surface area contributed by atoms with E-state index in [0.29, 0.717) is 17.3 Å². The molecule has 0 bridgehead atoms. The second kappa shape index (κ2) is 6.73. The first kappa shape index (κ1) is 16.6. The maximum absolute atomic E-state index is 12.9. The third-order valence-electron chi connectivity index (χ3n) is 3.67. The number of benzene rings is 2. The molecule has 0 amide bonds. The number of sulfonamides is 1. The second-order valence-corrected chi connectivity index (χ2v) is 8.58. The molecule has 2 aromatic carbocycles. The van der Waals surface area contributed by atoms with Crippen LogP contribution in [0.4, 0.5) is 0 Å². The van der Waals surface area contributed by atoms with Gasteiger partial charge in [0.15, 0.2) is 0 Å². The molecule has 4 nitrogen and oxygen atoms in total. The minimum atomic E-state index is -3.55. The van der Waals surface area contributed by atoms with Crippen LogP contribution < -0.4 is 4.74 Å². The maximum atomic E-state index is 12.9. The fraction of sp³-hybridized carbons (Fsp3) is 0.250. The Hall–Kier alpha value is -1.21. The summed E-state index contributed by atoms with van der Waals surface area (Å²) < 4.78 is 32.5. The normalized spacial score (nSPS) is 19.0. The van der Waals surface area contributed by atoms with E-state index in [4.69, 9.17) is 16.3 Å². The molecule has 1 heterocycles. The van der Waals surface area contributed by atoms with Gasteiger partial charge in [0.1, 0.15) is 5.75 Å². The molecule has 23 heavy (non-hydrogen) atoms. The smallest absolute Gasteiger partial charge is 0.244 e. The van der Waals surface area contributed by atoms with E-state index in [2.05, 4.69) is 0 Å². The van der Waals surface area contributed by atoms with Crippen molar-refractivity contribution in [2.24, 2.45) is 0 Å². The quantitative estimate of drug-likeness (QED) is 0.822. The zero-order valence-corrected chi connectivity index (χ0v) is 14.9. The lowest BCUT2D eigenvalue weighted by Gasteiger charge is -2.23. The van der Waals surface area contributed by atoms with Crippen molar-refractivity contribution in [1.29, 1.82) is 0 Å². The van der Waals surface area contributed by atoms with E-state index in [-0.39, 0.29) is 10.3 Å². The number of halogens is 1. The zero-order chi connectivity index (χ0) is 16.4. The van der Waals surface area contributed by atoms with Crippen molar-refractivity contribution < 1.29 is 13.2 Å². The number of ether oxygens (including phenoxy) is 1. The molecule has 3 rings (SSSR count). The van der Waals surface area contributed by atoms with Crippen LogP contribution in [-0.4, -0.2) is 32.1 Å². The number of rotatable bonds is 4. The molecule has 0 saturated carbocycles. The SMILES string of the molecule is COc1ccc(S(=O)(=O)N2CCS[C@@H]2c2ccc(Cl)cc2)cc1. The Kier molecular flexibility index (Phi) is 4.87. The number of methoxy groups -OCH3 is 1. The van der Waals surface area contributed by atoms with Gasteiger partial charge < -0.3 is 4.74 Å². The van der Waals surface area contributed by atoms with Gasteiger partial charge in [-0.15, -0.1) is 11.8 Å². The minimum absolute atomic E-state index is 0.223. The monoisotopic (exact) mass is 369 g/mol. The van der Waals surface area contributed by atoms with Crippen LogP contribution in [0.15, 0.2) is 53.4 Å². The first-order chi connectivity index (χ1) is 11.0. The van der Waals surface area contributed by atoms with Gasteiger partial charge >= 0.3 is 0 Å². The van der Waals surface area contributed by atoms with E-state index in [1.54, 1.807) is 59.6 Å². The van der Waals surface area contributed by atoms with Crippen LogP contribution in [0.1, 0.15) is 10.9 Å². The van der Waals surface area contributed by atoms with Crippen LogP contribution >= 0.6 is 23.4 Å². The fourth-order valence-corrected chi connectivity index (χ4v) is 5.84. The van der Waals surface area contributed by atoms with Crippen LogP contribution in [0.3, 0.4) is 0 Å². The average molecular weight is 370 g/mol. The van der Waals surface area contributed by atoms with Gasteiger partial charge in [0, 0.05) is 17.3 Å². The highest BCUT2D eigenvalue weighted by Gasteiger charge is 2.36. The minimum Gasteiger partial charge on any atom is -0.497 e. The molecule has 1 aliphatic heterocycles. The number of nitrogens with zero attached hydrogens (tertiary/aromatic N) is 1. The lowest BCUT2D eigenvalue weighted by molar-refractivity contribution is 0.414. The molecule has 1 fully saturated rings. The molecular weight excluding hydrogens is 354 g/mol. The molecule has 0 aliphatic carbocycles. The topological polar surface area (TPSA) is 46.6 Å². The summed E-state index contributed by atoms with van der Waals surface area (Å²) in [6.45, 7) is 0.492. The Bertz CT molecular complexity index is 776. The maximum Gasteiger partial charge on any atom is 0.244 e. The van der Waals surface area contributed by atoms with Gasteiger partial charge in [-0.25, -0.2) is 8.42 Å². The standard InChI is InChI=1S/C16H16ClNO3S2/c1-21-14-6-8-15(9-7-14)23(19,20)18-10-11-22-16(18)12-2-4-13(17)5-3-12/h2-9,16H,10-11H2,1H3/t16-/m1/s1. The van der Waals surface area contributed by atoms with Gasteiger partial charge in [-0.3, -0.25) is 0 Å². The summed E-state index contributed by atoms with van der Waals surface area (Å²) >= 11 is 7.54. The van der Waals surface area contributed by atoms with Gasteiger partial charge in [0.05, 0.1) is 17.4 Å². The summed E-state index contributed by atoms with van der Waals surface area (Å²) in [5.74, 6) is 1.40. The molecule has 0 unspecified atom stereocenters. The van der Waals surface area contributed by atoms with Gasteiger partial charge in [-0.1, -0.05) is 23.7 Å². The number of hydrogen-bond acceptors (Lipinski definition) is 4. The summed E-state index contributed by atoms with van der Waals surface area (Å²) in [6.07, 6.45) is 0. The van der Waals surface area contributed by atoms with Gasteiger partial charge in [0.25, 0.3) is 0 Å². The predicted molar refractivity (Wildman–Crippen MR) is 93.5 cm³/mol. The highest BCUT2D eigenvalue weighted by atomic mass is 35.5. The lowest BCUT2D eigenvalue weighted by atomic mass is 10.2. The van der Waals surface area contributed by atoms with E-state index in [0.717, 1.165) is 11.3 Å². The summed E-state index contributed by atoms with van der Waals surface area (Å²) in [5.41, 5.74) is 0.939. The fourth-order valence-electron chi connectivity index (χ4n) is 2.47. The molecule has 122 valence electrons. The van der Waals surface area contributed by atoms with Crippen molar-refractivity contribution in [3.05, 3.63) is 59.1 Å². The van der Waals surface area contributed by atoms with E-state index >= 15 is 0 Å². The molecule has 0 N–H and O–H groups in total. The lowest BCUT2D eigenvalue weighted by Crippen LogP contribution is -2.30. The second-order valence-electron chi connectivity index (χ2n) is 5.07. The van der Waals surface area contributed by atoms with E-state index < -0.39 is 10.0 Å². The molecule has 1 atom stereocenters. The van der Waals surface area contributed by atoms with Crippen molar-refractivity contribution in [1.82, 2.24) is 4.31 Å². The summed E-state index contributed by atoms with van der Waals surface area (Å²) in [6, 6.07) is 13.8. The Labute approximate surface area is 145 Å². The summed E-state index contributed by atoms with van der Waals surface area (Å²) in [4.78, 5) is 0.278. The molecule has 0 radical (unpaired) electrons. The van der Waals surface area contributed by atoms with Crippen LogP contribution in [0, 0.1) is 0 Å². The van der Waals surface area contributed by atoms with E-state index in [1.165, 1.54) is 0 Å². The molecule has 0 spiro atoms. The number of hydrogen-bond donors (Lipinski definition) is 0. The van der Waals surface area contributed by atoms with Crippen molar-refractivity contribution in [2.45, 2.75) is 10.3 Å². The van der Waals surface area contributed by atoms with Crippen LogP contribution in [0.25, 0.3) is 0 Å². The van der Waals surface area contributed by atoms with Crippen LogP contribution in [0.2, 0.25) is 5.02 Å². The highest BCUT2D eigenvalue weighted by Crippen LogP contribution is 2.41. The van der Waals surface area contributed by atoms with Gasteiger partial charge in [0.2, 0.25) is 10.0 Å². The number of thioether (sulfide) groups is 1. The van der Waals surface area contributed by atoms with E-state index in [9.17, 15) is 8.42 Å². The average Bonchev–Trinajstić information content (AvgIpc) is 3.06. The summed E-state index contributed by atoms with van der Waals surface area (Å²) in [5, 5.41) is 0.417. The third kappa shape index (κ3) is 3.35. The third-order valence-corrected chi connectivity index (χ3v) is 7.19. The van der Waals surface area contributed by atoms with Gasteiger partial charge in [-0.2, -0.15) is 4.31 Å². The van der Waals surface area contributed by atoms with Crippen molar-refractivity contribution in [3.8, 4) is 5.75 Å². The Morgan fingerprint density at radius 3 is 2.39 bits per heavy atom. The molecular formula is C16H16ClNO3S2. The van der Waals surface area contributed by atoms with Crippen LogP contribution in [-0.2, 0) is 10.0 Å². The molecule has 1 aliphatic rings. The van der Waals surface area contributed by atoms with Crippen molar-refractivity contribution in [2.75, 3.05) is 19.4 Å². The molecule has 2 aromatic rings. The first-order valence-electron chi connectivity index (χ1n) is 7.05. The van der Waals surface area contributed by atoms with Gasteiger partial charge in [-0.05, 0) is 42.0 Å². The highest BCUT2D eigenvalue weighted by molar-refractivity contribution is 8.01. The Morgan fingerprint density at radius 1 is 1.13 bits per heavy atom. The summed E-state index contributed by atoms with van der Waals surface area (Å²) in [7, 11) is -1.99. The van der Waals surface area contributed by atoms with E-state index in [1.807, 2.05) is 12.1 Å². The Morgan fingerprint density at radius 2 is 1.78 bits per heavy atom. The van der Waals surface area contributed by atoms with Crippen LogP contribution in [0.5, 0.6) is 5.75 Å². The zero-order valence-electron chi connectivity index (χ0n) is 12.5. The molecule has 1 saturated heterocycles. The Balaban J connectivity index is 1.92. The largest absolute Gasteiger partial charge is 0.497 e. The van der Waals surface area contributed by atoms with Crippen molar-refractivity contribution >= 4 is 33.4 Å². The first-order valence-corrected chi connectivity index (χ1v) is 9.92. The molecule has 0 aromatic heterocycles. The molecule has 7 heteroatoms. The predicted octanol–water partition coefficient (Wildman–Crippen LogP) is 3.78.